The molecule has 21 heavy (non-hydrogen) atoms. The molecule has 1 N–H and O–H groups in total. The molecule has 2 aliphatic rings. The predicted molar refractivity (Wildman–Crippen MR) is 76.2 cm³/mol. The van der Waals surface area contributed by atoms with Gasteiger partial charge in [-0.1, -0.05) is 18.2 Å². The summed E-state index contributed by atoms with van der Waals surface area (Å²) in [6.07, 6.45) is 2.08. The first-order valence-electron chi connectivity index (χ1n) is 7.32. The maximum Gasteiger partial charge on any atom is 0.329 e. The van der Waals surface area contributed by atoms with Gasteiger partial charge in [0, 0.05) is 13.0 Å². The lowest BCUT2D eigenvalue weighted by molar-refractivity contribution is -0.163. The number of para-hydroxylation sites is 1. The van der Waals surface area contributed by atoms with Crippen molar-refractivity contribution in [3.05, 3.63) is 29.8 Å². The van der Waals surface area contributed by atoms with E-state index in [4.69, 9.17) is 4.74 Å². The smallest absolute Gasteiger partial charge is 0.329 e. The minimum atomic E-state index is -1.12. The van der Waals surface area contributed by atoms with Crippen molar-refractivity contribution in [2.24, 2.45) is 0 Å². The average molecular weight is 289 g/mol. The quantitative estimate of drug-likeness (QED) is 0.902. The maximum absolute atomic E-state index is 12.7. The molecule has 0 aromatic heterocycles. The molecule has 5 nitrogen and oxygen atoms in total. The molecule has 2 atom stereocenters. The van der Waals surface area contributed by atoms with Gasteiger partial charge in [0.2, 0.25) is 0 Å². The van der Waals surface area contributed by atoms with Crippen LogP contribution in [0.1, 0.15) is 31.7 Å². The lowest BCUT2D eigenvalue weighted by Crippen LogP contribution is -2.60. The third kappa shape index (κ3) is 2.26. The topological polar surface area (TPSA) is 66.8 Å². The van der Waals surface area contributed by atoms with Gasteiger partial charge in [-0.25, -0.2) is 4.79 Å². The summed E-state index contributed by atoms with van der Waals surface area (Å²) in [6.45, 7) is 2.12. The Bertz CT molecular complexity index is 560. The molecule has 1 amide bonds. The van der Waals surface area contributed by atoms with Crippen LogP contribution in [0.3, 0.4) is 0 Å². The molecule has 1 aromatic rings. The predicted octanol–water partition coefficient (Wildman–Crippen LogP) is 1.85. The van der Waals surface area contributed by atoms with E-state index in [9.17, 15) is 14.7 Å². The minimum absolute atomic E-state index is 0.212. The Balaban J connectivity index is 1.81. The molecule has 1 saturated heterocycles. The highest BCUT2D eigenvalue weighted by Gasteiger charge is 2.46. The van der Waals surface area contributed by atoms with E-state index in [0.717, 1.165) is 24.2 Å². The van der Waals surface area contributed by atoms with Gasteiger partial charge in [0.15, 0.2) is 6.10 Å². The highest BCUT2D eigenvalue weighted by Crippen LogP contribution is 2.33. The number of carbonyl (C=O) groups is 2. The molecule has 0 spiro atoms. The van der Waals surface area contributed by atoms with Crippen molar-refractivity contribution in [2.75, 3.05) is 6.54 Å². The van der Waals surface area contributed by atoms with Gasteiger partial charge in [0.1, 0.15) is 11.3 Å². The van der Waals surface area contributed by atoms with Crippen LogP contribution in [0.2, 0.25) is 0 Å². The van der Waals surface area contributed by atoms with Crippen LogP contribution in [0.25, 0.3) is 0 Å². The van der Waals surface area contributed by atoms with Gasteiger partial charge in [-0.3, -0.25) is 4.79 Å². The molecule has 2 unspecified atom stereocenters. The Hall–Kier alpha value is -2.04. The minimum Gasteiger partial charge on any atom is -0.480 e. The van der Waals surface area contributed by atoms with Crippen LogP contribution in [0.5, 0.6) is 5.75 Å². The van der Waals surface area contributed by atoms with Crippen LogP contribution in [0.4, 0.5) is 0 Å². The van der Waals surface area contributed by atoms with E-state index < -0.39 is 17.6 Å². The Labute approximate surface area is 123 Å². The van der Waals surface area contributed by atoms with E-state index in [-0.39, 0.29) is 5.91 Å². The lowest BCUT2D eigenvalue weighted by atomic mass is 9.88. The fourth-order valence-corrected chi connectivity index (χ4v) is 3.19. The monoisotopic (exact) mass is 289 g/mol. The normalized spacial score (nSPS) is 27.9. The first-order valence-corrected chi connectivity index (χ1v) is 7.32. The Morgan fingerprint density at radius 3 is 2.81 bits per heavy atom. The highest BCUT2D eigenvalue weighted by molar-refractivity contribution is 5.90. The molecular formula is C16H19NO4. The van der Waals surface area contributed by atoms with Crippen LogP contribution >= 0.6 is 0 Å². The number of benzene rings is 1. The third-order valence-corrected chi connectivity index (χ3v) is 4.54. The average Bonchev–Trinajstić information content (AvgIpc) is 2.91. The second kappa shape index (κ2) is 5.06. The molecule has 0 radical (unpaired) electrons. The van der Waals surface area contributed by atoms with E-state index in [1.54, 1.807) is 6.92 Å². The number of amides is 1. The zero-order valence-corrected chi connectivity index (χ0v) is 12.0. The summed E-state index contributed by atoms with van der Waals surface area (Å²) in [5.41, 5.74) is -0.113. The van der Waals surface area contributed by atoms with Crippen LogP contribution < -0.4 is 4.74 Å². The molecular weight excluding hydrogens is 270 g/mol. The van der Waals surface area contributed by atoms with Gasteiger partial charge in [0.25, 0.3) is 5.91 Å². The van der Waals surface area contributed by atoms with Crippen LogP contribution in [0, 0.1) is 0 Å². The second-order valence-electron chi connectivity index (χ2n) is 5.94. The first kappa shape index (κ1) is 13.9. The molecule has 2 aliphatic heterocycles. The molecule has 0 bridgehead atoms. The van der Waals surface area contributed by atoms with Crippen LogP contribution in [0.15, 0.2) is 24.3 Å². The number of hydrogen-bond acceptors (Lipinski definition) is 3. The Morgan fingerprint density at radius 2 is 2.10 bits per heavy atom. The summed E-state index contributed by atoms with van der Waals surface area (Å²) in [4.78, 5) is 25.8. The van der Waals surface area contributed by atoms with Gasteiger partial charge in [-0.05, 0) is 37.8 Å². The zero-order chi connectivity index (χ0) is 15.0. The Kier molecular flexibility index (Phi) is 3.35. The number of aliphatic carboxylic acids is 1. The lowest BCUT2D eigenvalue weighted by Gasteiger charge is -2.42. The van der Waals surface area contributed by atoms with Crippen molar-refractivity contribution >= 4 is 11.9 Å². The molecule has 112 valence electrons. The van der Waals surface area contributed by atoms with E-state index in [2.05, 4.69) is 0 Å². The molecule has 0 saturated carbocycles. The number of hydrogen-bond donors (Lipinski definition) is 1. The summed E-state index contributed by atoms with van der Waals surface area (Å²) in [7, 11) is 0. The summed E-state index contributed by atoms with van der Waals surface area (Å²) in [5.74, 6) is -0.424. The summed E-state index contributed by atoms with van der Waals surface area (Å²) < 4.78 is 5.71. The number of nitrogens with zero attached hydrogens (tertiary/aromatic N) is 1. The molecule has 1 aromatic carbocycles. The largest absolute Gasteiger partial charge is 0.480 e. The number of rotatable bonds is 2. The molecule has 2 heterocycles. The van der Waals surface area contributed by atoms with Crippen molar-refractivity contribution in [3.8, 4) is 5.75 Å². The molecule has 5 heteroatoms. The van der Waals surface area contributed by atoms with Gasteiger partial charge in [-0.15, -0.1) is 0 Å². The number of carbonyl (C=O) groups excluding carboxylic acids is 1. The first-order chi connectivity index (χ1) is 10.0. The van der Waals surface area contributed by atoms with Gasteiger partial charge in [0.05, 0.1) is 0 Å². The standard InChI is InChI=1S/C16H19NO4/c1-16(15(19)20)8-4-5-9-17(16)14(18)13-10-11-6-2-3-7-12(11)21-13/h2-3,6-7,13H,4-5,8-10H2,1H3,(H,19,20). The number of likely N-dealkylation sites (tertiary alicyclic amines) is 1. The number of piperidine rings is 1. The van der Waals surface area contributed by atoms with Gasteiger partial charge >= 0.3 is 5.97 Å². The SMILES string of the molecule is CC1(C(=O)O)CCCCN1C(=O)C1Cc2ccccc2O1. The van der Waals surface area contributed by atoms with Crippen molar-refractivity contribution in [2.45, 2.75) is 44.2 Å². The van der Waals surface area contributed by atoms with Crippen molar-refractivity contribution < 1.29 is 19.4 Å². The van der Waals surface area contributed by atoms with Crippen LogP contribution in [-0.2, 0) is 16.0 Å². The Morgan fingerprint density at radius 1 is 1.33 bits per heavy atom. The molecule has 3 rings (SSSR count). The van der Waals surface area contributed by atoms with Crippen molar-refractivity contribution in [1.29, 1.82) is 0 Å². The van der Waals surface area contributed by atoms with Gasteiger partial charge in [-0.2, -0.15) is 0 Å². The van der Waals surface area contributed by atoms with Gasteiger partial charge < -0.3 is 14.7 Å². The summed E-state index contributed by atoms with van der Waals surface area (Å²) in [5, 5.41) is 9.50. The van der Waals surface area contributed by atoms with Crippen molar-refractivity contribution in [3.63, 3.8) is 0 Å². The molecule has 1 fully saturated rings. The second-order valence-corrected chi connectivity index (χ2v) is 5.94. The summed E-state index contributed by atoms with van der Waals surface area (Å²) in [6, 6.07) is 7.57. The van der Waals surface area contributed by atoms with Crippen LogP contribution in [-0.4, -0.2) is 40.1 Å². The zero-order valence-electron chi connectivity index (χ0n) is 12.0. The van der Waals surface area contributed by atoms with E-state index >= 15 is 0 Å². The van der Waals surface area contributed by atoms with E-state index in [1.807, 2.05) is 24.3 Å². The molecule has 0 aliphatic carbocycles. The highest BCUT2D eigenvalue weighted by atomic mass is 16.5. The summed E-state index contributed by atoms with van der Waals surface area (Å²) >= 11 is 0. The third-order valence-electron chi connectivity index (χ3n) is 4.54. The van der Waals surface area contributed by atoms with E-state index in [1.165, 1.54) is 4.90 Å². The number of carboxylic acids is 1. The fraction of sp³-hybridized carbons (Fsp3) is 0.500. The van der Waals surface area contributed by atoms with E-state index in [0.29, 0.717) is 19.4 Å². The number of carboxylic acid groups (broad SMARTS) is 1. The maximum atomic E-state index is 12.7. The van der Waals surface area contributed by atoms with Crippen molar-refractivity contribution in [1.82, 2.24) is 4.90 Å². The fourth-order valence-electron chi connectivity index (χ4n) is 3.19. The number of ether oxygens (including phenoxy) is 1. The number of fused-ring (bicyclic) bond motifs is 1.